The second-order valence-electron chi connectivity index (χ2n) is 5.65. The number of carbonyl (C=O) groups excluding carboxylic acids is 1. The zero-order chi connectivity index (χ0) is 17.1. The summed E-state index contributed by atoms with van der Waals surface area (Å²) < 4.78 is 14.8. The van der Waals surface area contributed by atoms with E-state index < -0.39 is 0 Å². The highest BCUT2D eigenvalue weighted by atomic mass is 19.1. The molecule has 2 aromatic carbocycles. The number of halogens is 1. The van der Waals surface area contributed by atoms with Gasteiger partial charge in [-0.2, -0.15) is 5.10 Å². The molecule has 0 saturated heterocycles. The van der Waals surface area contributed by atoms with E-state index in [0.29, 0.717) is 23.5 Å². The van der Waals surface area contributed by atoms with Crippen molar-refractivity contribution in [3.05, 3.63) is 82.9 Å². The number of carbonyl (C=O) groups is 1. The molecule has 0 spiro atoms. The van der Waals surface area contributed by atoms with Crippen LogP contribution in [0.4, 0.5) is 10.1 Å². The minimum absolute atomic E-state index is 0.240. The largest absolute Gasteiger partial charge is 0.322 e. The van der Waals surface area contributed by atoms with Crippen molar-refractivity contribution in [3.63, 3.8) is 0 Å². The molecule has 122 valence electrons. The number of nitrogens with zero attached hydrogens (tertiary/aromatic N) is 2. The number of hydrogen-bond acceptors (Lipinski definition) is 2. The van der Waals surface area contributed by atoms with Crippen LogP contribution < -0.4 is 5.32 Å². The number of aryl methyl sites for hydroxylation is 1. The van der Waals surface area contributed by atoms with Crippen molar-refractivity contribution in [1.82, 2.24) is 9.78 Å². The first-order valence-electron chi connectivity index (χ1n) is 7.69. The molecule has 0 bridgehead atoms. The van der Waals surface area contributed by atoms with Crippen molar-refractivity contribution < 1.29 is 9.18 Å². The highest BCUT2D eigenvalue weighted by molar-refractivity contribution is 6.05. The van der Waals surface area contributed by atoms with Crippen LogP contribution in [0.15, 0.2) is 54.6 Å². The molecule has 0 aliphatic carbocycles. The van der Waals surface area contributed by atoms with Crippen LogP contribution in [0.1, 0.15) is 27.3 Å². The Morgan fingerprint density at radius 1 is 1.08 bits per heavy atom. The van der Waals surface area contributed by atoms with Crippen LogP contribution in [0.3, 0.4) is 0 Å². The third-order valence-corrected chi connectivity index (χ3v) is 3.89. The summed E-state index contributed by atoms with van der Waals surface area (Å²) in [6, 6.07) is 15.7. The van der Waals surface area contributed by atoms with Gasteiger partial charge in [0.1, 0.15) is 5.82 Å². The first kappa shape index (κ1) is 15.9. The predicted octanol–water partition coefficient (Wildman–Crippen LogP) is 3.94. The van der Waals surface area contributed by atoms with Gasteiger partial charge in [-0.05, 0) is 43.7 Å². The van der Waals surface area contributed by atoms with E-state index in [2.05, 4.69) is 10.4 Å². The smallest absolute Gasteiger partial charge is 0.259 e. The Morgan fingerprint density at radius 3 is 2.42 bits per heavy atom. The highest BCUT2D eigenvalue weighted by Gasteiger charge is 2.18. The molecular formula is C19H18FN3O. The van der Waals surface area contributed by atoms with Gasteiger partial charge < -0.3 is 5.32 Å². The van der Waals surface area contributed by atoms with Crippen molar-refractivity contribution in [3.8, 4) is 0 Å². The SMILES string of the molecule is Cc1nn(Cc2ccccc2)c(C)c1C(=O)Nc1ccc(F)cc1. The summed E-state index contributed by atoms with van der Waals surface area (Å²) in [5.41, 5.74) is 3.69. The Balaban J connectivity index is 1.83. The van der Waals surface area contributed by atoms with E-state index in [1.54, 1.807) is 0 Å². The first-order chi connectivity index (χ1) is 11.5. The number of benzene rings is 2. The van der Waals surface area contributed by atoms with Crippen molar-refractivity contribution >= 4 is 11.6 Å². The number of amides is 1. The number of aromatic nitrogens is 2. The molecule has 0 radical (unpaired) electrons. The quantitative estimate of drug-likeness (QED) is 0.790. The Morgan fingerprint density at radius 2 is 1.75 bits per heavy atom. The van der Waals surface area contributed by atoms with Crippen LogP contribution in [-0.4, -0.2) is 15.7 Å². The number of rotatable bonds is 4. The minimum Gasteiger partial charge on any atom is -0.322 e. The minimum atomic E-state index is -0.337. The fourth-order valence-corrected chi connectivity index (χ4v) is 2.66. The van der Waals surface area contributed by atoms with Gasteiger partial charge in [0, 0.05) is 11.4 Å². The van der Waals surface area contributed by atoms with Crippen LogP contribution in [0.25, 0.3) is 0 Å². The lowest BCUT2D eigenvalue weighted by molar-refractivity contribution is 0.102. The molecule has 0 atom stereocenters. The molecule has 1 heterocycles. The van der Waals surface area contributed by atoms with Crippen LogP contribution >= 0.6 is 0 Å². The van der Waals surface area contributed by atoms with Gasteiger partial charge in [-0.1, -0.05) is 30.3 Å². The first-order valence-corrected chi connectivity index (χ1v) is 7.69. The van der Waals surface area contributed by atoms with Crippen molar-refractivity contribution in [2.24, 2.45) is 0 Å². The average molecular weight is 323 g/mol. The third kappa shape index (κ3) is 3.35. The van der Waals surface area contributed by atoms with Crippen LogP contribution in [0.2, 0.25) is 0 Å². The Labute approximate surface area is 139 Å². The van der Waals surface area contributed by atoms with Crippen molar-refractivity contribution in [2.45, 2.75) is 20.4 Å². The van der Waals surface area contributed by atoms with E-state index in [-0.39, 0.29) is 11.7 Å². The van der Waals surface area contributed by atoms with Gasteiger partial charge in [0.15, 0.2) is 0 Å². The van der Waals surface area contributed by atoms with Crippen LogP contribution in [-0.2, 0) is 6.54 Å². The second kappa shape index (κ2) is 6.66. The highest BCUT2D eigenvalue weighted by Crippen LogP contribution is 2.17. The molecule has 3 rings (SSSR count). The fourth-order valence-electron chi connectivity index (χ4n) is 2.66. The second-order valence-corrected chi connectivity index (χ2v) is 5.65. The van der Waals surface area contributed by atoms with E-state index in [1.807, 2.05) is 48.9 Å². The molecule has 0 aliphatic rings. The predicted molar refractivity (Wildman–Crippen MR) is 91.6 cm³/mol. The average Bonchev–Trinajstić information content (AvgIpc) is 2.84. The molecular weight excluding hydrogens is 305 g/mol. The molecule has 24 heavy (non-hydrogen) atoms. The Bertz CT molecular complexity index is 854. The van der Waals surface area contributed by atoms with Gasteiger partial charge in [-0.3, -0.25) is 9.48 Å². The molecule has 1 amide bonds. The lowest BCUT2D eigenvalue weighted by Crippen LogP contribution is -2.14. The van der Waals surface area contributed by atoms with Gasteiger partial charge >= 0.3 is 0 Å². The van der Waals surface area contributed by atoms with Gasteiger partial charge in [0.05, 0.1) is 17.8 Å². The summed E-state index contributed by atoms with van der Waals surface area (Å²) in [6.07, 6.45) is 0. The van der Waals surface area contributed by atoms with Gasteiger partial charge in [-0.15, -0.1) is 0 Å². The zero-order valence-electron chi connectivity index (χ0n) is 13.6. The normalized spacial score (nSPS) is 10.6. The molecule has 1 N–H and O–H groups in total. The lowest BCUT2D eigenvalue weighted by Gasteiger charge is -2.07. The molecule has 0 aliphatic heterocycles. The Kier molecular flexibility index (Phi) is 4.42. The van der Waals surface area contributed by atoms with Crippen molar-refractivity contribution in [2.75, 3.05) is 5.32 Å². The Hall–Kier alpha value is -2.95. The molecule has 1 aromatic heterocycles. The van der Waals surface area contributed by atoms with E-state index >= 15 is 0 Å². The lowest BCUT2D eigenvalue weighted by atomic mass is 10.1. The molecule has 0 fully saturated rings. The summed E-state index contributed by atoms with van der Waals surface area (Å²) in [5, 5.41) is 7.26. The zero-order valence-corrected chi connectivity index (χ0v) is 13.6. The third-order valence-electron chi connectivity index (χ3n) is 3.89. The van der Waals surface area contributed by atoms with E-state index in [0.717, 1.165) is 11.3 Å². The molecule has 5 heteroatoms. The maximum absolute atomic E-state index is 13.0. The van der Waals surface area contributed by atoms with Gasteiger partial charge in [-0.25, -0.2) is 4.39 Å². The molecule has 4 nitrogen and oxygen atoms in total. The van der Waals surface area contributed by atoms with Crippen molar-refractivity contribution in [1.29, 1.82) is 0 Å². The maximum atomic E-state index is 13.0. The van der Waals surface area contributed by atoms with E-state index in [1.165, 1.54) is 24.3 Å². The monoisotopic (exact) mass is 323 g/mol. The topological polar surface area (TPSA) is 46.9 Å². The number of nitrogens with one attached hydrogen (secondary N) is 1. The standard InChI is InChI=1S/C19H18FN3O/c1-13-18(19(24)21-17-10-8-16(20)9-11-17)14(2)23(22-13)12-15-6-4-3-5-7-15/h3-11H,12H2,1-2H3,(H,21,24). The molecule has 0 saturated carbocycles. The van der Waals surface area contributed by atoms with Gasteiger partial charge in [0.2, 0.25) is 0 Å². The van der Waals surface area contributed by atoms with E-state index in [4.69, 9.17) is 0 Å². The van der Waals surface area contributed by atoms with Gasteiger partial charge in [0.25, 0.3) is 5.91 Å². The molecule has 0 unspecified atom stereocenters. The number of hydrogen-bond donors (Lipinski definition) is 1. The number of anilines is 1. The molecule has 3 aromatic rings. The summed E-state index contributed by atoms with van der Waals surface area (Å²) in [4.78, 5) is 12.5. The van der Waals surface area contributed by atoms with Crippen LogP contribution in [0, 0.1) is 19.7 Å². The summed E-state index contributed by atoms with van der Waals surface area (Å²) >= 11 is 0. The summed E-state index contributed by atoms with van der Waals surface area (Å²) in [7, 11) is 0. The maximum Gasteiger partial charge on any atom is 0.259 e. The van der Waals surface area contributed by atoms with Crippen LogP contribution in [0.5, 0.6) is 0 Å². The summed E-state index contributed by atoms with van der Waals surface area (Å²) in [6.45, 7) is 4.30. The fraction of sp³-hybridized carbons (Fsp3) is 0.158. The van der Waals surface area contributed by atoms with E-state index in [9.17, 15) is 9.18 Å². The summed E-state index contributed by atoms with van der Waals surface area (Å²) in [5.74, 6) is -0.577.